The van der Waals surface area contributed by atoms with Gasteiger partial charge in [-0.1, -0.05) is 39.0 Å². The van der Waals surface area contributed by atoms with Crippen molar-refractivity contribution >= 4 is 11.7 Å². The van der Waals surface area contributed by atoms with Crippen molar-refractivity contribution in [3.05, 3.63) is 30.3 Å². The number of amides is 2. The van der Waals surface area contributed by atoms with Crippen LogP contribution in [0.2, 0.25) is 0 Å². The first kappa shape index (κ1) is 16.9. The van der Waals surface area contributed by atoms with Crippen LogP contribution in [0.1, 0.15) is 59.3 Å². The predicted octanol–water partition coefficient (Wildman–Crippen LogP) is 5.44. The van der Waals surface area contributed by atoms with Gasteiger partial charge < -0.3 is 10.6 Å². The zero-order valence-electron chi connectivity index (χ0n) is 15.8. The highest BCUT2D eigenvalue weighted by Crippen LogP contribution is 2.63. The van der Waals surface area contributed by atoms with Gasteiger partial charge in [-0.15, -0.1) is 0 Å². The summed E-state index contributed by atoms with van der Waals surface area (Å²) in [4.78, 5) is 12.5. The van der Waals surface area contributed by atoms with Gasteiger partial charge in [-0.3, -0.25) is 0 Å². The molecule has 2 amide bonds. The second-order valence-electron chi connectivity index (χ2n) is 10.2. The van der Waals surface area contributed by atoms with E-state index in [2.05, 4.69) is 31.4 Å². The van der Waals surface area contributed by atoms with Gasteiger partial charge in [0, 0.05) is 11.7 Å². The molecule has 5 rings (SSSR count). The first-order valence-corrected chi connectivity index (χ1v) is 9.95. The lowest BCUT2D eigenvalue weighted by Gasteiger charge is -2.61. The van der Waals surface area contributed by atoms with Gasteiger partial charge >= 0.3 is 6.03 Å². The van der Waals surface area contributed by atoms with Crippen LogP contribution in [-0.4, -0.2) is 12.1 Å². The molecule has 0 heterocycles. The molecule has 136 valence electrons. The third-order valence-electron chi connectivity index (χ3n) is 6.63. The normalized spacial score (nSPS) is 36.3. The fourth-order valence-electron chi connectivity index (χ4n) is 6.61. The van der Waals surface area contributed by atoms with Crippen LogP contribution in [0.4, 0.5) is 10.5 Å². The molecular formula is C22H32N2O. The van der Waals surface area contributed by atoms with Crippen molar-refractivity contribution in [3.8, 4) is 0 Å². The molecule has 3 nitrogen and oxygen atoms in total. The van der Waals surface area contributed by atoms with E-state index in [0.717, 1.165) is 11.6 Å². The predicted molar refractivity (Wildman–Crippen MR) is 102 cm³/mol. The van der Waals surface area contributed by atoms with Crippen molar-refractivity contribution in [1.82, 2.24) is 5.32 Å². The van der Waals surface area contributed by atoms with Crippen molar-refractivity contribution in [2.45, 2.75) is 65.3 Å². The number of para-hydroxylation sites is 1. The minimum atomic E-state index is -0.0338. The van der Waals surface area contributed by atoms with Crippen LogP contribution in [-0.2, 0) is 0 Å². The van der Waals surface area contributed by atoms with Crippen molar-refractivity contribution in [3.63, 3.8) is 0 Å². The molecule has 4 bridgehead atoms. The van der Waals surface area contributed by atoms with Crippen LogP contribution < -0.4 is 10.6 Å². The molecule has 2 N–H and O–H groups in total. The van der Waals surface area contributed by atoms with E-state index in [9.17, 15) is 4.79 Å². The van der Waals surface area contributed by atoms with Crippen LogP contribution in [0, 0.1) is 28.6 Å². The molecule has 3 heteroatoms. The van der Waals surface area contributed by atoms with Gasteiger partial charge in [0.1, 0.15) is 0 Å². The molecule has 1 aromatic carbocycles. The highest BCUT2D eigenvalue weighted by atomic mass is 16.2. The number of nitrogens with one attached hydrogen (secondary N) is 2. The second-order valence-corrected chi connectivity index (χ2v) is 10.2. The Morgan fingerprint density at radius 2 is 1.72 bits per heavy atom. The summed E-state index contributed by atoms with van der Waals surface area (Å²) in [6.45, 7) is 7.15. The number of hydrogen-bond acceptors (Lipinski definition) is 1. The van der Waals surface area contributed by atoms with E-state index in [-0.39, 0.29) is 6.03 Å². The SMILES string of the molecule is CC(C)(C)CC12CC3CC(C1)C(NC(=O)Nc1ccccc1)C(C3)C2. The Labute approximate surface area is 152 Å². The van der Waals surface area contributed by atoms with Gasteiger partial charge in [0.05, 0.1) is 0 Å². The van der Waals surface area contributed by atoms with Crippen LogP contribution in [0.25, 0.3) is 0 Å². The Balaban J connectivity index is 1.43. The van der Waals surface area contributed by atoms with E-state index in [1.807, 2.05) is 30.3 Å². The molecule has 0 spiro atoms. The molecule has 4 aliphatic rings. The van der Waals surface area contributed by atoms with Gasteiger partial charge in [0.2, 0.25) is 0 Å². The minimum Gasteiger partial charge on any atom is -0.335 e. The standard InChI is InChI=1S/C22H32N2O/c1-21(2,3)14-22-11-15-9-16(12-22)19(17(10-15)13-22)24-20(25)23-18-7-5-4-6-8-18/h4-8,15-17,19H,9-14H2,1-3H3,(H2,23,24,25). The number of carbonyl (C=O) groups is 1. The lowest BCUT2D eigenvalue weighted by Crippen LogP contribution is -2.60. The fraction of sp³-hybridized carbons (Fsp3) is 0.682. The maximum atomic E-state index is 12.5. The van der Waals surface area contributed by atoms with E-state index in [1.165, 1.54) is 38.5 Å². The largest absolute Gasteiger partial charge is 0.335 e. The van der Waals surface area contributed by atoms with E-state index in [1.54, 1.807) is 0 Å². The van der Waals surface area contributed by atoms with E-state index in [0.29, 0.717) is 28.7 Å². The number of benzene rings is 1. The van der Waals surface area contributed by atoms with Crippen LogP contribution in [0.5, 0.6) is 0 Å². The lowest BCUT2D eigenvalue weighted by molar-refractivity contribution is -0.0899. The molecule has 0 aliphatic heterocycles. The summed E-state index contributed by atoms with van der Waals surface area (Å²) in [6, 6.07) is 10.1. The monoisotopic (exact) mass is 340 g/mol. The molecule has 0 radical (unpaired) electrons. The Kier molecular flexibility index (Phi) is 4.09. The zero-order chi connectivity index (χ0) is 17.7. The van der Waals surface area contributed by atoms with Crippen LogP contribution >= 0.6 is 0 Å². The molecule has 4 fully saturated rings. The number of hydrogen-bond donors (Lipinski definition) is 2. The van der Waals surface area contributed by atoms with Gasteiger partial charge in [0.25, 0.3) is 0 Å². The van der Waals surface area contributed by atoms with Crippen molar-refractivity contribution in [2.75, 3.05) is 5.32 Å². The minimum absolute atomic E-state index is 0.0338. The van der Waals surface area contributed by atoms with Crippen LogP contribution in [0.15, 0.2) is 30.3 Å². The molecule has 0 saturated heterocycles. The lowest BCUT2D eigenvalue weighted by atomic mass is 9.46. The maximum Gasteiger partial charge on any atom is 0.319 e. The molecule has 1 aromatic rings. The quantitative estimate of drug-likeness (QED) is 0.756. The average Bonchev–Trinajstić information content (AvgIpc) is 2.49. The van der Waals surface area contributed by atoms with Crippen molar-refractivity contribution in [1.29, 1.82) is 0 Å². The van der Waals surface area contributed by atoms with E-state index < -0.39 is 0 Å². The molecular weight excluding hydrogens is 308 g/mol. The number of urea groups is 1. The van der Waals surface area contributed by atoms with E-state index >= 15 is 0 Å². The van der Waals surface area contributed by atoms with Crippen molar-refractivity contribution < 1.29 is 4.79 Å². The van der Waals surface area contributed by atoms with E-state index in [4.69, 9.17) is 0 Å². The van der Waals surface area contributed by atoms with Gasteiger partial charge in [-0.25, -0.2) is 4.79 Å². The Morgan fingerprint density at radius 1 is 1.08 bits per heavy atom. The summed E-state index contributed by atoms with van der Waals surface area (Å²) < 4.78 is 0. The summed E-state index contributed by atoms with van der Waals surface area (Å²) in [7, 11) is 0. The third-order valence-corrected chi connectivity index (χ3v) is 6.63. The molecule has 4 aliphatic carbocycles. The average molecular weight is 341 g/mol. The molecule has 4 saturated carbocycles. The second kappa shape index (κ2) is 6.03. The fourth-order valence-corrected chi connectivity index (χ4v) is 6.61. The summed E-state index contributed by atoms with van der Waals surface area (Å²) in [5.74, 6) is 2.25. The number of anilines is 1. The highest BCUT2D eigenvalue weighted by Gasteiger charge is 2.56. The Morgan fingerprint density at radius 3 is 2.32 bits per heavy atom. The summed E-state index contributed by atoms with van der Waals surface area (Å²) in [5, 5.41) is 6.34. The Bertz CT molecular complexity index is 617. The summed E-state index contributed by atoms with van der Waals surface area (Å²) in [5.41, 5.74) is 1.82. The number of carbonyl (C=O) groups excluding carboxylic acids is 1. The highest BCUT2D eigenvalue weighted by molar-refractivity contribution is 5.89. The Hall–Kier alpha value is -1.51. The smallest absolute Gasteiger partial charge is 0.319 e. The first-order chi connectivity index (χ1) is 11.8. The van der Waals surface area contributed by atoms with Gasteiger partial charge in [0.15, 0.2) is 0 Å². The molecule has 2 unspecified atom stereocenters. The molecule has 25 heavy (non-hydrogen) atoms. The molecule has 0 aromatic heterocycles. The van der Waals surface area contributed by atoms with Gasteiger partial charge in [-0.2, -0.15) is 0 Å². The maximum absolute atomic E-state index is 12.5. The summed E-state index contributed by atoms with van der Waals surface area (Å²) in [6.07, 6.45) is 8.03. The zero-order valence-corrected chi connectivity index (χ0v) is 15.8. The molecule has 2 atom stereocenters. The summed E-state index contributed by atoms with van der Waals surface area (Å²) >= 11 is 0. The van der Waals surface area contributed by atoms with Gasteiger partial charge in [-0.05, 0) is 79.2 Å². The number of rotatable bonds is 3. The first-order valence-electron chi connectivity index (χ1n) is 9.95. The third kappa shape index (κ3) is 3.56. The van der Waals surface area contributed by atoms with Crippen LogP contribution in [0.3, 0.4) is 0 Å². The van der Waals surface area contributed by atoms with Crippen molar-refractivity contribution in [2.24, 2.45) is 28.6 Å². The topological polar surface area (TPSA) is 41.1 Å².